The van der Waals surface area contributed by atoms with Crippen molar-refractivity contribution in [1.29, 1.82) is 0 Å². The number of fused-ring (bicyclic) bond motifs is 1. The zero-order valence-electron chi connectivity index (χ0n) is 20.6. The first-order valence-electron chi connectivity index (χ1n) is 11.9. The van der Waals surface area contributed by atoms with Crippen molar-refractivity contribution >= 4 is 22.6 Å². The molecule has 0 heterocycles. The fraction of sp³-hybridized carbons (Fsp3) is 0.379. The van der Waals surface area contributed by atoms with Crippen LogP contribution < -0.4 is 0 Å². The van der Waals surface area contributed by atoms with Crippen LogP contribution in [0.1, 0.15) is 67.8 Å². The van der Waals surface area contributed by atoms with Gasteiger partial charge in [-0.05, 0) is 0 Å². The van der Waals surface area contributed by atoms with Gasteiger partial charge in [0.2, 0.25) is 0 Å². The Hall–Kier alpha value is -0.950. The normalized spacial score (nSPS) is 20.4. The first-order valence-corrected chi connectivity index (χ1v) is 21.1. The van der Waals surface area contributed by atoms with E-state index in [2.05, 4.69) is 96.2 Å². The first kappa shape index (κ1) is 24.2. The molecule has 0 aliphatic heterocycles. The molecule has 2 atom stereocenters. The second-order valence-electron chi connectivity index (χ2n) is 9.63. The SMILES string of the molecule is CCCC1=C(c2ccccc2)c2cccc(Cl)c2[CH]1[Zr]([C]1=C(C)C(C)=C(C)C1C)=[Si](C)C. The maximum absolute atomic E-state index is 7.06. The van der Waals surface area contributed by atoms with Gasteiger partial charge in [-0.2, -0.15) is 0 Å². The zero-order valence-corrected chi connectivity index (χ0v) is 24.8. The van der Waals surface area contributed by atoms with Crippen LogP contribution in [0.2, 0.25) is 18.1 Å². The van der Waals surface area contributed by atoms with Crippen LogP contribution in [0.4, 0.5) is 0 Å². The number of allylic oxidation sites excluding steroid dienone is 5. The summed E-state index contributed by atoms with van der Waals surface area (Å²) in [5, 5.41) is 0.985. The second-order valence-corrected chi connectivity index (χ2v) is 27.4. The summed E-state index contributed by atoms with van der Waals surface area (Å²) < 4.78 is 2.45. The monoisotopic (exact) mass is 536 g/mol. The summed E-state index contributed by atoms with van der Waals surface area (Å²) in [7, 11) is 0. The van der Waals surface area contributed by atoms with Crippen LogP contribution in [0.5, 0.6) is 0 Å². The number of rotatable bonds is 5. The number of hydrogen-bond acceptors (Lipinski definition) is 0. The Kier molecular flexibility index (Phi) is 7.35. The molecule has 0 fully saturated rings. The second kappa shape index (κ2) is 9.73. The molecule has 0 saturated heterocycles. The Morgan fingerprint density at radius 1 is 0.938 bits per heavy atom. The van der Waals surface area contributed by atoms with Gasteiger partial charge in [-0.3, -0.25) is 0 Å². The van der Waals surface area contributed by atoms with E-state index in [0.29, 0.717) is 9.54 Å². The van der Waals surface area contributed by atoms with Gasteiger partial charge in [-0.15, -0.1) is 0 Å². The van der Waals surface area contributed by atoms with E-state index in [1.54, 1.807) is 22.3 Å². The van der Waals surface area contributed by atoms with Crippen LogP contribution in [0.15, 0.2) is 74.1 Å². The van der Waals surface area contributed by atoms with Crippen molar-refractivity contribution in [2.75, 3.05) is 0 Å². The van der Waals surface area contributed by atoms with Gasteiger partial charge in [0.05, 0.1) is 0 Å². The van der Waals surface area contributed by atoms with Gasteiger partial charge in [-0.1, -0.05) is 0 Å². The van der Waals surface area contributed by atoms with Crippen LogP contribution >= 0.6 is 11.6 Å². The molecule has 0 amide bonds. The average molecular weight is 538 g/mol. The summed E-state index contributed by atoms with van der Waals surface area (Å²) in [6.45, 7) is 17.1. The summed E-state index contributed by atoms with van der Waals surface area (Å²) in [6.07, 6.45) is 2.36. The summed E-state index contributed by atoms with van der Waals surface area (Å²) in [6, 6.07) is 17.7. The van der Waals surface area contributed by atoms with Crippen LogP contribution in [0.25, 0.3) is 5.57 Å². The maximum atomic E-state index is 7.06. The molecule has 0 bridgehead atoms. The van der Waals surface area contributed by atoms with Crippen molar-refractivity contribution in [3.8, 4) is 0 Å². The van der Waals surface area contributed by atoms with E-state index in [1.165, 1.54) is 35.1 Å². The van der Waals surface area contributed by atoms with Gasteiger partial charge in [0, 0.05) is 0 Å². The third-order valence-corrected chi connectivity index (χ3v) is 26.7. The van der Waals surface area contributed by atoms with Crippen molar-refractivity contribution in [2.45, 2.75) is 64.2 Å². The van der Waals surface area contributed by atoms with Gasteiger partial charge in [0.1, 0.15) is 0 Å². The zero-order chi connectivity index (χ0) is 23.2. The third-order valence-electron chi connectivity index (χ3n) is 7.62. The van der Waals surface area contributed by atoms with E-state index >= 15 is 0 Å². The van der Waals surface area contributed by atoms with Crippen molar-refractivity contribution in [3.05, 3.63) is 95.8 Å². The number of hydrogen-bond donors (Lipinski definition) is 0. The summed E-state index contributed by atoms with van der Waals surface area (Å²) in [4.78, 5) is 0. The van der Waals surface area contributed by atoms with E-state index in [0.717, 1.165) is 5.02 Å². The molecule has 0 radical (unpaired) electrons. The van der Waals surface area contributed by atoms with E-state index in [1.807, 2.05) is 3.28 Å². The van der Waals surface area contributed by atoms with Crippen LogP contribution in [0, 0.1) is 5.92 Å². The molecule has 4 rings (SSSR count). The molecule has 3 heteroatoms. The fourth-order valence-electron chi connectivity index (χ4n) is 5.86. The summed E-state index contributed by atoms with van der Waals surface area (Å²) in [5.41, 5.74) is 11.7. The summed E-state index contributed by atoms with van der Waals surface area (Å²) in [5.74, 6) is 0.610. The number of halogens is 1. The van der Waals surface area contributed by atoms with Gasteiger partial charge in [0.15, 0.2) is 0 Å². The minimum atomic E-state index is -2.10. The quantitative estimate of drug-likeness (QED) is 0.333. The van der Waals surface area contributed by atoms with Gasteiger partial charge in [0.25, 0.3) is 0 Å². The van der Waals surface area contributed by atoms with Crippen LogP contribution in [-0.4, -0.2) is 5.43 Å². The molecule has 2 aromatic rings. The molecule has 0 saturated carbocycles. The molecule has 2 unspecified atom stereocenters. The molecular weight excluding hydrogens is 503 g/mol. The Labute approximate surface area is 207 Å². The van der Waals surface area contributed by atoms with Crippen LogP contribution in [0.3, 0.4) is 0 Å². The molecule has 0 N–H and O–H groups in total. The Morgan fingerprint density at radius 2 is 1.62 bits per heavy atom. The van der Waals surface area contributed by atoms with Crippen molar-refractivity contribution < 1.29 is 20.4 Å². The van der Waals surface area contributed by atoms with E-state index in [9.17, 15) is 0 Å². The molecular formula is C29H35ClSiZr. The van der Waals surface area contributed by atoms with Crippen molar-refractivity contribution in [3.63, 3.8) is 0 Å². The molecule has 166 valence electrons. The topological polar surface area (TPSA) is 0 Å². The Morgan fingerprint density at radius 3 is 2.19 bits per heavy atom. The molecule has 32 heavy (non-hydrogen) atoms. The fourth-order valence-corrected chi connectivity index (χ4v) is 26.9. The predicted octanol–water partition coefficient (Wildman–Crippen LogP) is 9.13. The molecule has 2 aliphatic rings. The van der Waals surface area contributed by atoms with Crippen molar-refractivity contribution in [1.82, 2.24) is 0 Å². The predicted molar refractivity (Wildman–Crippen MR) is 139 cm³/mol. The molecule has 0 aromatic heterocycles. The number of benzene rings is 2. The Balaban J connectivity index is 2.05. The van der Waals surface area contributed by atoms with Gasteiger partial charge >= 0.3 is 209 Å². The Bertz CT molecular complexity index is 1190. The van der Waals surface area contributed by atoms with Crippen molar-refractivity contribution in [2.24, 2.45) is 5.92 Å². The van der Waals surface area contributed by atoms with Gasteiger partial charge < -0.3 is 0 Å². The van der Waals surface area contributed by atoms with Gasteiger partial charge in [-0.25, -0.2) is 0 Å². The van der Waals surface area contributed by atoms with E-state index in [-0.39, 0.29) is 0 Å². The summed E-state index contributed by atoms with van der Waals surface area (Å²) >= 11 is 4.96. The van der Waals surface area contributed by atoms with Crippen LogP contribution in [-0.2, 0) is 20.4 Å². The minimum absolute atomic E-state index is 0.444. The van der Waals surface area contributed by atoms with E-state index < -0.39 is 25.8 Å². The van der Waals surface area contributed by atoms with E-state index in [4.69, 9.17) is 11.6 Å². The standard InChI is InChI=1S/C18H16Cl.C9H13.C2H6Si.Zr/c1-2-7-14-12-16-15(10-6-11-17(16)19)18(14)13-8-4-3-5-9-13;1-6-5-7(2)9(4)8(6)3;1-3-2;/h3-6,8-12H,2,7H2,1H3;6H,1-4H3;1-2H3;. The average Bonchev–Trinajstić information content (AvgIpc) is 3.19. The third kappa shape index (κ3) is 3.95. The first-order chi connectivity index (χ1) is 15.3. The molecule has 0 nitrogen and oxygen atoms in total. The molecule has 2 aromatic carbocycles. The molecule has 2 aliphatic carbocycles. The molecule has 0 spiro atoms.